The Kier molecular flexibility index (Phi) is 7.76. The van der Waals surface area contributed by atoms with Gasteiger partial charge in [0.1, 0.15) is 17.2 Å². The summed E-state index contributed by atoms with van der Waals surface area (Å²) in [6.07, 6.45) is 5.54. The Bertz CT molecular complexity index is 1600. The molecule has 6 nitrogen and oxygen atoms in total. The zero-order valence-electron chi connectivity index (χ0n) is 21.7. The minimum Gasteiger partial charge on any atom is -0.508 e. The number of fused-ring (bicyclic) bond motifs is 5. The molecule has 39 heavy (non-hydrogen) atoms. The molecule has 4 aromatic rings. The summed E-state index contributed by atoms with van der Waals surface area (Å²) in [7, 11) is -3.38. The van der Waals surface area contributed by atoms with Crippen LogP contribution in [0.2, 0.25) is 0 Å². The maximum atomic E-state index is 12.3. The maximum absolute atomic E-state index is 12.3. The Morgan fingerprint density at radius 1 is 0.974 bits per heavy atom. The van der Waals surface area contributed by atoms with E-state index in [-0.39, 0.29) is 23.1 Å². The van der Waals surface area contributed by atoms with Crippen molar-refractivity contribution in [2.75, 3.05) is 19.4 Å². The van der Waals surface area contributed by atoms with Crippen LogP contribution in [-0.4, -0.2) is 39.0 Å². The molecule has 4 aromatic carbocycles. The van der Waals surface area contributed by atoms with Crippen molar-refractivity contribution in [1.29, 1.82) is 0 Å². The SMILES string of the molecule is CS(=O)(=O)c1ccc2c(c1)-c1ccc3cc(O)ccc3c1C(c1ccc(OCCC3CCCCN3)cc1)O2.Cl. The number of phenols is 1. The van der Waals surface area contributed by atoms with Crippen LogP contribution in [0.4, 0.5) is 0 Å². The van der Waals surface area contributed by atoms with Crippen LogP contribution < -0.4 is 14.8 Å². The van der Waals surface area contributed by atoms with E-state index in [1.54, 1.807) is 30.3 Å². The van der Waals surface area contributed by atoms with E-state index in [0.29, 0.717) is 18.4 Å². The molecule has 2 aliphatic rings. The predicted molar refractivity (Wildman–Crippen MR) is 156 cm³/mol. The van der Waals surface area contributed by atoms with Gasteiger partial charge in [0.15, 0.2) is 15.9 Å². The van der Waals surface area contributed by atoms with Gasteiger partial charge in [-0.2, -0.15) is 0 Å². The van der Waals surface area contributed by atoms with E-state index in [1.165, 1.54) is 25.5 Å². The number of rotatable bonds is 6. The molecule has 0 amide bonds. The number of hydrogen-bond donors (Lipinski definition) is 2. The van der Waals surface area contributed by atoms with Crippen LogP contribution in [0.5, 0.6) is 17.2 Å². The van der Waals surface area contributed by atoms with E-state index in [4.69, 9.17) is 9.47 Å². The van der Waals surface area contributed by atoms with Crippen molar-refractivity contribution in [3.63, 3.8) is 0 Å². The van der Waals surface area contributed by atoms with Gasteiger partial charge in [-0.3, -0.25) is 0 Å². The first kappa shape index (κ1) is 27.3. The van der Waals surface area contributed by atoms with Gasteiger partial charge in [0, 0.05) is 23.4 Å². The first-order valence-electron chi connectivity index (χ1n) is 13.1. The molecule has 0 aliphatic carbocycles. The second-order valence-electron chi connectivity index (χ2n) is 10.2. The standard InChI is InChI=1S/C31H31NO5S.ClH/c1-38(34,35)25-11-14-29-28(19-25)27-12-7-21-18-23(33)8-13-26(21)30(27)31(37-29)20-5-9-24(10-6-20)36-17-15-22-4-2-3-16-32-22;/h5-14,18-19,22,31-33H,2-4,15-17H2,1H3;1H. The molecule has 0 bridgehead atoms. The summed E-state index contributed by atoms with van der Waals surface area (Å²) < 4.78 is 37.1. The summed E-state index contributed by atoms with van der Waals surface area (Å²) >= 11 is 0. The van der Waals surface area contributed by atoms with Gasteiger partial charge in [-0.1, -0.05) is 36.8 Å². The molecule has 6 rings (SSSR count). The quantitative estimate of drug-likeness (QED) is 0.280. The van der Waals surface area contributed by atoms with Crippen molar-refractivity contribution in [2.24, 2.45) is 0 Å². The lowest BCUT2D eigenvalue weighted by atomic mass is 9.86. The van der Waals surface area contributed by atoms with Crippen LogP contribution in [0.1, 0.15) is 42.9 Å². The Hall–Kier alpha value is -3.26. The number of aromatic hydroxyl groups is 1. The zero-order valence-corrected chi connectivity index (χ0v) is 23.4. The number of ether oxygens (including phenoxy) is 2. The average Bonchev–Trinajstić information content (AvgIpc) is 2.92. The highest BCUT2D eigenvalue weighted by Gasteiger charge is 2.30. The van der Waals surface area contributed by atoms with Crippen molar-refractivity contribution < 1.29 is 23.0 Å². The number of nitrogens with one attached hydrogen (secondary N) is 1. The van der Waals surface area contributed by atoms with E-state index in [1.807, 2.05) is 42.5 Å². The molecule has 2 unspecified atom stereocenters. The second kappa shape index (κ2) is 11.1. The summed E-state index contributed by atoms with van der Waals surface area (Å²) in [4.78, 5) is 0.250. The average molecular weight is 566 g/mol. The number of sulfone groups is 1. The van der Waals surface area contributed by atoms with Crippen molar-refractivity contribution in [1.82, 2.24) is 5.32 Å². The molecule has 0 spiro atoms. The lowest BCUT2D eigenvalue weighted by Crippen LogP contribution is -2.35. The molecule has 0 radical (unpaired) electrons. The fraction of sp³-hybridized carbons (Fsp3) is 0.290. The molecule has 2 aliphatic heterocycles. The molecule has 2 heterocycles. The molecule has 2 N–H and O–H groups in total. The largest absolute Gasteiger partial charge is 0.508 e. The van der Waals surface area contributed by atoms with Crippen LogP contribution in [0.15, 0.2) is 77.7 Å². The van der Waals surface area contributed by atoms with Crippen LogP contribution in [0, 0.1) is 0 Å². The van der Waals surface area contributed by atoms with Crippen molar-refractivity contribution >= 4 is 33.0 Å². The summed E-state index contributed by atoms with van der Waals surface area (Å²) in [5.74, 6) is 1.64. The minimum absolute atomic E-state index is 0. The highest BCUT2D eigenvalue weighted by Crippen LogP contribution is 2.48. The first-order valence-corrected chi connectivity index (χ1v) is 15.0. The number of piperidine rings is 1. The van der Waals surface area contributed by atoms with E-state index >= 15 is 0 Å². The lowest BCUT2D eigenvalue weighted by Gasteiger charge is -2.31. The van der Waals surface area contributed by atoms with Crippen molar-refractivity contribution in [2.45, 2.75) is 42.7 Å². The van der Waals surface area contributed by atoms with Crippen molar-refractivity contribution in [3.8, 4) is 28.4 Å². The minimum atomic E-state index is -3.38. The molecular weight excluding hydrogens is 534 g/mol. The molecule has 0 aromatic heterocycles. The summed E-state index contributed by atoms with van der Waals surface area (Å²) in [6, 6.07) is 22.8. The van der Waals surface area contributed by atoms with Gasteiger partial charge in [0.2, 0.25) is 0 Å². The zero-order chi connectivity index (χ0) is 26.3. The molecular formula is C31H32ClNO5S. The highest BCUT2D eigenvalue weighted by atomic mass is 35.5. The Morgan fingerprint density at radius 3 is 2.54 bits per heavy atom. The fourth-order valence-corrected chi connectivity index (χ4v) is 6.21. The third kappa shape index (κ3) is 5.57. The number of benzene rings is 4. The third-order valence-electron chi connectivity index (χ3n) is 7.55. The normalized spacial score (nSPS) is 18.4. The van der Waals surface area contributed by atoms with Gasteiger partial charge in [0.25, 0.3) is 0 Å². The van der Waals surface area contributed by atoms with Crippen LogP contribution >= 0.6 is 12.4 Å². The first-order chi connectivity index (χ1) is 18.4. The molecule has 1 fully saturated rings. The lowest BCUT2D eigenvalue weighted by molar-refractivity contribution is 0.244. The highest BCUT2D eigenvalue weighted by molar-refractivity contribution is 7.90. The van der Waals surface area contributed by atoms with E-state index in [2.05, 4.69) is 5.32 Å². The number of phenolic OH excluding ortho intramolecular Hbond substituents is 1. The van der Waals surface area contributed by atoms with Crippen LogP contribution in [0.25, 0.3) is 21.9 Å². The second-order valence-corrected chi connectivity index (χ2v) is 12.2. The molecule has 204 valence electrons. The Morgan fingerprint density at radius 2 is 1.79 bits per heavy atom. The monoisotopic (exact) mass is 565 g/mol. The maximum Gasteiger partial charge on any atom is 0.175 e. The van der Waals surface area contributed by atoms with Crippen LogP contribution in [0.3, 0.4) is 0 Å². The molecule has 0 saturated carbocycles. The molecule has 1 saturated heterocycles. The topological polar surface area (TPSA) is 84.9 Å². The summed E-state index contributed by atoms with van der Waals surface area (Å²) in [5, 5.41) is 15.5. The molecule has 2 atom stereocenters. The van der Waals surface area contributed by atoms with E-state index in [9.17, 15) is 13.5 Å². The van der Waals surface area contributed by atoms with E-state index in [0.717, 1.165) is 51.7 Å². The van der Waals surface area contributed by atoms with Gasteiger partial charge in [0.05, 0.1) is 11.5 Å². The van der Waals surface area contributed by atoms with Gasteiger partial charge < -0.3 is 19.9 Å². The number of halogens is 1. The smallest absolute Gasteiger partial charge is 0.175 e. The number of hydrogen-bond acceptors (Lipinski definition) is 6. The molecule has 8 heteroatoms. The third-order valence-corrected chi connectivity index (χ3v) is 8.66. The van der Waals surface area contributed by atoms with Crippen LogP contribution in [-0.2, 0) is 9.84 Å². The van der Waals surface area contributed by atoms with Gasteiger partial charge >= 0.3 is 0 Å². The predicted octanol–water partition coefficient (Wildman–Crippen LogP) is 6.43. The Labute approximate surface area is 235 Å². The fourth-order valence-electron chi connectivity index (χ4n) is 5.56. The Balaban J connectivity index is 0.00000308. The van der Waals surface area contributed by atoms with Gasteiger partial charge in [-0.15, -0.1) is 12.4 Å². The van der Waals surface area contributed by atoms with E-state index < -0.39 is 15.9 Å². The summed E-state index contributed by atoms with van der Waals surface area (Å²) in [5.41, 5.74) is 3.56. The van der Waals surface area contributed by atoms with Crippen molar-refractivity contribution in [3.05, 3.63) is 83.9 Å². The summed E-state index contributed by atoms with van der Waals surface area (Å²) in [6.45, 7) is 1.76. The van der Waals surface area contributed by atoms with Gasteiger partial charge in [-0.05, 0) is 90.2 Å². The van der Waals surface area contributed by atoms with Gasteiger partial charge in [-0.25, -0.2) is 8.42 Å².